The standard InChI is InChI=1S/C14H14F5NO2S/c1-13(14(17,18)19)5-7(11(23-13)12(20)21)6-3-4-8(15)9(16)10(6)22-2/h3-4,7,11H,5H2,1-2H3,(H2,20,21)/t7-,11+,13+/m0/s1. The predicted octanol–water partition coefficient (Wildman–Crippen LogP) is 3.37. The van der Waals surface area contributed by atoms with Crippen LogP contribution >= 0.6 is 11.8 Å². The molecule has 0 aromatic heterocycles. The van der Waals surface area contributed by atoms with Gasteiger partial charge < -0.3 is 10.5 Å². The molecule has 2 N–H and O–H groups in total. The van der Waals surface area contributed by atoms with Gasteiger partial charge in [-0.25, -0.2) is 4.39 Å². The lowest BCUT2D eigenvalue weighted by atomic mass is 9.86. The van der Waals surface area contributed by atoms with Gasteiger partial charge in [0.1, 0.15) is 4.75 Å². The van der Waals surface area contributed by atoms with E-state index in [1.165, 1.54) is 0 Å². The Morgan fingerprint density at radius 1 is 1.39 bits per heavy atom. The van der Waals surface area contributed by atoms with Gasteiger partial charge in [0.25, 0.3) is 0 Å². The van der Waals surface area contributed by atoms with Gasteiger partial charge in [-0.2, -0.15) is 17.6 Å². The average molecular weight is 355 g/mol. The Morgan fingerprint density at radius 3 is 2.48 bits per heavy atom. The van der Waals surface area contributed by atoms with Gasteiger partial charge in [-0.15, -0.1) is 11.8 Å². The molecule has 3 nitrogen and oxygen atoms in total. The highest BCUT2D eigenvalue weighted by atomic mass is 32.2. The van der Waals surface area contributed by atoms with E-state index in [-0.39, 0.29) is 5.56 Å². The first-order valence-corrected chi connectivity index (χ1v) is 7.45. The first-order valence-electron chi connectivity index (χ1n) is 6.57. The summed E-state index contributed by atoms with van der Waals surface area (Å²) in [6.45, 7) is 0.958. The lowest BCUT2D eigenvalue weighted by molar-refractivity contribution is -0.155. The third-order valence-corrected chi connectivity index (χ3v) is 5.66. The first-order chi connectivity index (χ1) is 10.5. The average Bonchev–Trinajstić information content (AvgIpc) is 2.81. The van der Waals surface area contributed by atoms with Gasteiger partial charge in [-0.3, -0.25) is 4.79 Å². The number of methoxy groups -OCH3 is 1. The number of amides is 1. The molecule has 0 bridgehead atoms. The van der Waals surface area contributed by atoms with E-state index in [1.807, 2.05) is 0 Å². The smallest absolute Gasteiger partial charge is 0.403 e. The number of hydrogen-bond acceptors (Lipinski definition) is 3. The maximum Gasteiger partial charge on any atom is 0.403 e. The highest BCUT2D eigenvalue weighted by Crippen LogP contribution is 2.58. The minimum Gasteiger partial charge on any atom is -0.493 e. The van der Waals surface area contributed by atoms with E-state index in [1.54, 1.807) is 0 Å². The van der Waals surface area contributed by atoms with Crippen molar-refractivity contribution >= 4 is 17.7 Å². The number of halogens is 5. The summed E-state index contributed by atoms with van der Waals surface area (Å²) in [5, 5.41) is -1.22. The molecule has 1 fully saturated rings. The second-order valence-electron chi connectivity index (χ2n) is 5.46. The predicted molar refractivity (Wildman–Crippen MR) is 75.3 cm³/mol. The van der Waals surface area contributed by atoms with E-state index in [0.717, 1.165) is 26.2 Å². The lowest BCUT2D eigenvalue weighted by Gasteiger charge is -2.26. The molecule has 1 aliphatic rings. The van der Waals surface area contributed by atoms with Crippen molar-refractivity contribution in [2.24, 2.45) is 5.73 Å². The quantitative estimate of drug-likeness (QED) is 0.846. The molecular weight excluding hydrogens is 341 g/mol. The van der Waals surface area contributed by atoms with Crippen molar-refractivity contribution < 1.29 is 31.5 Å². The fourth-order valence-corrected chi connectivity index (χ4v) is 4.19. The van der Waals surface area contributed by atoms with E-state index < -0.39 is 51.8 Å². The number of ether oxygens (including phenoxy) is 1. The van der Waals surface area contributed by atoms with Crippen LogP contribution in [-0.2, 0) is 4.79 Å². The summed E-state index contributed by atoms with van der Waals surface area (Å²) in [6, 6.07) is 1.92. The van der Waals surface area contributed by atoms with E-state index in [2.05, 4.69) is 0 Å². The summed E-state index contributed by atoms with van der Waals surface area (Å²) in [4.78, 5) is 11.6. The van der Waals surface area contributed by atoms with Crippen LogP contribution in [0.2, 0.25) is 0 Å². The number of rotatable bonds is 3. The molecule has 23 heavy (non-hydrogen) atoms. The van der Waals surface area contributed by atoms with Crippen molar-refractivity contribution in [3.8, 4) is 5.75 Å². The minimum atomic E-state index is -4.58. The molecule has 1 aromatic carbocycles. The summed E-state index contributed by atoms with van der Waals surface area (Å²) < 4.78 is 69.5. The number of primary amides is 1. The SMILES string of the molecule is COc1c([C@@H]2C[C@](C)(C(F)(F)F)S[C@H]2C(N)=O)ccc(F)c1F. The van der Waals surface area contributed by atoms with E-state index in [0.29, 0.717) is 11.8 Å². The Balaban J connectivity index is 2.53. The molecule has 1 heterocycles. The number of hydrogen-bond donors (Lipinski definition) is 1. The molecule has 1 aliphatic heterocycles. The highest BCUT2D eigenvalue weighted by molar-refractivity contribution is 8.02. The zero-order chi connectivity index (χ0) is 17.6. The summed E-state index contributed by atoms with van der Waals surface area (Å²) in [7, 11) is 1.08. The molecular formula is C14H14F5NO2S. The van der Waals surface area contributed by atoms with Gasteiger partial charge in [-0.1, -0.05) is 6.07 Å². The van der Waals surface area contributed by atoms with E-state index in [4.69, 9.17) is 10.5 Å². The van der Waals surface area contributed by atoms with Crippen molar-refractivity contribution in [2.45, 2.75) is 35.4 Å². The Labute approximate surface area is 133 Å². The summed E-state index contributed by atoms with van der Waals surface area (Å²) in [6.07, 6.45) is -5.07. The molecule has 9 heteroatoms. The third kappa shape index (κ3) is 2.98. The van der Waals surface area contributed by atoms with Gasteiger partial charge in [0.2, 0.25) is 11.7 Å². The van der Waals surface area contributed by atoms with Gasteiger partial charge in [0, 0.05) is 11.5 Å². The Morgan fingerprint density at radius 2 is 2.00 bits per heavy atom. The van der Waals surface area contributed by atoms with Crippen LogP contribution in [0.25, 0.3) is 0 Å². The lowest BCUT2D eigenvalue weighted by Crippen LogP contribution is -2.37. The summed E-state index contributed by atoms with van der Waals surface area (Å²) in [5.41, 5.74) is 5.21. The number of carbonyl (C=O) groups is 1. The maximum atomic E-state index is 13.8. The molecule has 3 atom stereocenters. The van der Waals surface area contributed by atoms with Crippen molar-refractivity contribution in [1.82, 2.24) is 0 Å². The topological polar surface area (TPSA) is 52.3 Å². The first kappa shape index (κ1) is 17.8. The monoisotopic (exact) mass is 355 g/mol. The Hall–Kier alpha value is -1.51. The summed E-state index contributed by atoms with van der Waals surface area (Å²) in [5.74, 6) is -4.98. The fraction of sp³-hybridized carbons (Fsp3) is 0.500. The minimum absolute atomic E-state index is 0.00400. The second-order valence-corrected chi connectivity index (χ2v) is 7.11. The largest absolute Gasteiger partial charge is 0.493 e. The number of alkyl halides is 3. The van der Waals surface area contributed by atoms with Crippen LogP contribution < -0.4 is 10.5 Å². The van der Waals surface area contributed by atoms with Crippen LogP contribution in [0.5, 0.6) is 5.75 Å². The van der Waals surface area contributed by atoms with Gasteiger partial charge >= 0.3 is 6.18 Å². The van der Waals surface area contributed by atoms with Crippen molar-refractivity contribution in [1.29, 1.82) is 0 Å². The number of thioether (sulfide) groups is 1. The highest BCUT2D eigenvalue weighted by Gasteiger charge is 2.60. The zero-order valence-corrected chi connectivity index (χ0v) is 13.0. The van der Waals surface area contributed by atoms with Crippen LogP contribution in [-0.4, -0.2) is 29.2 Å². The zero-order valence-electron chi connectivity index (χ0n) is 12.2. The van der Waals surface area contributed by atoms with Crippen LogP contribution in [0.1, 0.15) is 24.8 Å². The van der Waals surface area contributed by atoms with Gasteiger partial charge in [-0.05, 0) is 19.4 Å². The molecule has 0 aliphatic carbocycles. The van der Waals surface area contributed by atoms with E-state index in [9.17, 15) is 26.7 Å². The molecule has 1 aromatic rings. The van der Waals surface area contributed by atoms with Crippen molar-refractivity contribution in [3.05, 3.63) is 29.3 Å². The van der Waals surface area contributed by atoms with Crippen molar-refractivity contribution in [2.75, 3.05) is 7.11 Å². The number of carbonyl (C=O) groups excluding carboxylic acids is 1. The molecule has 1 saturated heterocycles. The maximum absolute atomic E-state index is 13.8. The molecule has 0 radical (unpaired) electrons. The molecule has 0 saturated carbocycles. The van der Waals surface area contributed by atoms with Crippen LogP contribution in [0.15, 0.2) is 12.1 Å². The molecule has 0 unspecified atom stereocenters. The van der Waals surface area contributed by atoms with Crippen LogP contribution in [0.4, 0.5) is 22.0 Å². The summed E-state index contributed by atoms with van der Waals surface area (Å²) >= 11 is 0.389. The third-order valence-electron chi connectivity index (χ3n) is 3.93. The van der Waals surface area contributed by atoms with Crippen molar-refractivity contribution in [3.63, 3.8) is 0 Å². The molecule has 128 valence electrons. The van der Waals surface area contributed by atoms with Gasteiger partial charge in [0.15, 0.2) is 11.6 Å². The molecule has 1 amide bonds. The number of nitrogens with two attached hydrogens (primary N) is 1. The van der Waals surface area contributed by atoms with Crippen LogP contribution in [0.3, 0.4) is 0 Å². The molecule has 2 rings (SSSR count). The Kier molecular flexibility index (Phi) is 4.53. The van der Waals surface area contributed by atoms with Gasteiger partial charge in [0.05, 0.1) is 12.4 Å². The fourth-order valence-electron chi connectivity index (χ4n) is 2.70. The normalized spacial score (nSPS) is 28.0. The Bertz CT molecular complexity index is 636. The second kappa shape index (κ2) is 5.85. The number of benzene rings is 1. The van der Waals surface area contributed by atoms with E-state index >= 15 is 0 Å². The van der Waals surface area contributed by atoms with Crippen LogP contribution in [0, 0.1) is 11.6 Å². The molecule has 0 spiro atoms.